The average molecular weight is 431 g/mol. The van der Waals surface area contributed by atoms with E-state index in [0.717, 1.165) is 23.7 Å². The van der Waals surface area contributed by atoms with E-state index < -0.39 is 0 Å². The van der Waals surface area contributed by atoms with Gasteiger partial charge < -0.3 is 14.2 Å². The third-order valence-electron chi connectivity index (χ3n) is 5.89. The number of hydrogen-bond acceptors (Lipinski definition) is 5. The van der Waals surface area contributed by atoms with E-state index in [1.54, 1.807) is 14.0 Å². The molecular weight excluding hydrogens is 406 g/mol. The average Bonchev–Trinajstić information content (AvgIpc) is 3.18. The highest BCUT2D eigenvalue weighted by Crippen LogP contribution is 2.34. The van der Waals surface area contributed by atoms with Gasteiger partial charge in [-0.25, -0.2) is 4.79 Å². The SMILES string of the molecule is CCn1c(=O)c2c(nc3n2C[C@@H](C)CN3c2ccc(Oc3ccccc3)cc2)n(C)c1=O. The third-order valence-corrected chi connectivity index (χ3v) is 5.89. The molecule has 164 valence electrons. The number of aromatic nitrogens is 4. The van der Waals surface area contributed by atoms with E-state index in [1.807, 2.05) is 59.2 Å². The van der Waals surface area contributed by atoms with Crippen LogP contribution in [0.1, 0.15) is 13.8 Å². The number of aryl methyl sites for hydroxylation is 1. The first-order chi connectivity index (χ1) is 15.5. The molecule has 1 aliphatic rings. The molecule has 0 N–H and O–H groups in total. The van der Waals surface area contributed by atoms with Crippen LogP contribution in [-0.2, 0) is 20.1 Å². The Morgan fingerprint density at radius 1 is 1.00 bits per heavy atom. The molecule has 0 amide bonds. The minimum atomic E-state index is -0.345. The van der Waals surface area contributed by atoms with Gasteiger partial charge in [-0.3, -0.25) is 13.9 Å². The van der Waals surface area contributed by atoms with E-state index in [0.29, 0.717) is 36.1 Å². The lowest BCUT2D eigenvalue weighted by Crippen LogP contribution is -2.40. The molecule has 1 atom stereocenters. The topological polar surface area (TPSA) is 74.3 Å². The normalized spacial score (nSPS) is 15.7. The van der Waals surface area contributed by atoms with E-state index >= 15 is 0 Å². The monoisotopic (exact) mass is 431 g/mol. The molecule has 5 rings (SSSR count). The lowest BCUT2D eigenvalue weighted by Gasteiger charge is -2.33. The summed E-state index contributed by atoms with van der Waals surface area (Å²) in [6, 6.07) is 17.5. The molecule has 0 fully saturated rings. The highest BCUT2D eigenvalue weighted by atomic mass is 16.5. The minimum absolute atomic E-state index is 0.287. The Morgan fingerprint density at radius 3 is 2.38 bits per heavy atom. The van der Waals surface area contributed by atoms with Crippen LogP contribution < -0.4 is 20.9 Å². The van der Waals surface area contributed by atoms with Crippen LogP contribution in [0.5, 0.6) is 11.5 Å². The molecule has 4 aromatic rings. The van der Waals surface area contributed by atoms with Gasteiger partial charge in [0.05, 0.1) is 0 Å². The van der Waals surface area contributed by atoms with Crippen LogP contribution in [0.4, 0.5) is 11.6 Å². The van der Waals surface area contributed by atoms with Crippen molar-refractivity contribution in [2.45, 2.75) is 26.9 Å². The lowest BCUT2D eigenvalue weighted by molar-refractivity contribution is 0.457. The van der Waals surface area contributed by atoms with Gasteiger partial charge in [-0.05, 0) is 49.2 Å². The minimum Gasteiger partial charge on any atom is -0.457 e. The van der Waals surface area contributed by atoms with Crippen LogP contribution in [0.25, 0.3) is 11.2 Å². The molecule has 0 radical (unpaired) electrons. The molecule has 0 saturated carbocycles. The van der Waals surface area contributed by atoms with Crippen LogP contribution in [0.3, 0.4) is 0 Å². The van der Waals surface area contributed by atoms with Gasteiger partial charge in [-0.2, -0.15) is 4.98 Å². The van der Waals surface area contributed by atoms with E-state index in [4.69, 9.17) is 9.72 Å². The van der Waals surface area contributed by atoms with E-state index in [1.165, 1.54) is 9.13 Å². The fourth-order valence-corrected chi connectivity index (χ4v) is 4.32. The zero-order chi connectivity index (χ0) is 22.4. The number of hydrogen-bond donors (Lipinski definition) is 0. The van der Waals surface area contributed by atoms with Gasteiger partial charge in [-0.15, -0.1) is 0 Å². The maximum Gasteiger partial charge on any atom is 0.332 e. The number of anilines is 2. The van der Waals surface area contributed by atoms with Gasteiger partial charge in [0.25, 0.3) is 5.56 Å². The van der Waals surface area contributed by atoms with Crippen molar-refractivity contribution in [3.05, 3.63) is 75.4 Å². The number of imidazole rings is 1. The first-order valence-corrected chi connectivity index (χ1v) is 10.8. The lowest BCUT2D eigenvalue weighted by atomic mass is 10.1. The molecule has 0 aliphatic carbocycles. The summed E-state index contributed by atoms with van der Waals surface area (Å²) in [6.07, 6.45) is 0. The summed E-state index contributed by atoms with van der Waals surface area (Å²) in [7, 11) is 1.67. The van der Waals surface area contributed by atoms with Crippen molar-refractivity contribution in [2.75, 3.05) is 11.4 Å². The summed E-state index contributed by atoms with van der Waals surface area (Å²) >= 11 is 0. The summed E-state index contributed by atoms with van der Waals surface area (Å²) < 4.78 is 10.6. The first kappa shape index (κ1) is 20.1. The van der Waals surface area contributed by atoms with Gasteiger partial charge in [0.1, 0.15) is 11.5 Å². The van der Waals surface area contributed by atoms with Crippen LogP contribution in [0, 0.1) is 5.92 Å². The second kappa shape index (κ2) is 7.71. The summed E-state index contributed by atoms with van der Waals surface area (Å²) in [5.74, 6) is 2.50. The first-order valence-electron chi connectivity index (χ1n) is 10.8. The molecule has 0 bridgehead atoms. The Labute approximate surface area is 184 Å². The molecular formula is C24H25N5O3. The number of nitrogens with zero attached hydrogens (tertiary/aromatic N) is 5. The van der Waals surface area contributed by atoms with E-state index in [2.05, 4.69) is 11.8 Å². The fourth-order valence-electron chi connectivity index (χ4n) is 4.32. The Balaban J connectivity index is 1.58. The molecule has 1 aliphatic heterocycles. The number of benzene rings is 2. The van der Waals surface area contributed by atoms with Crippen LogP contribution in [-0.4, -0.2) is 25.2 Å². The molecule has 0 saturated heterocycles. The van der Waals surface area contributed by atoms with Crippen molar-refractivity contribution >= 4 is 22.8 Å². The molecule has 0 unspecified atom stereocenters. The Kier molecular flexibility index (Phi) is 4.84. The Bertz CT molecular complexity index is 1400. The summed E-state index contributed by atoms with van der Waals surface area (Å²) in [4.78, 5) is 32.5. The molecule has 32 heavy (non-hydrogen) atoms. The van der Waals surface area contributed by atoms with Crippen molar-refractivity contribution in [1.29, 1.82) is 0 Å². The standard InChI is InChI=1S/C24H25N5O3/c1-4-27-22(30)20-21(26(3)24(27)31)25-23-28(14-16(2)15-29(20)23)17-10-12-19(13-11-17)32-18-8-6-5-7-9-18/h5-13,16H,4,14-15H2,1-3H3/t16-/m0/s1. The van der Waals surface area contributed by atoms with Crippen LogP contribution in [0.15, 0.2) is 64.2 Å². The molecule has 8 heteroatoms. The van der Waals surface area contributed by atoms with E-state index in [-0.39, 0.29) is 11.2 Å². The van der Waals surface area contributed by atoms with Crippen molar-refractivity contribution in [3.63, 3.8) is 0 Å². The molecule has 2 aromatic carbocycles. The number of ether oxygens (including phenoxy) is 1. The van der Waals surface area contributed by atoms with Crippen molar-refractivity contribution in [2.24, 2.45) is 13.0 Å². The zero-order valence-electron chi connectivity index (χ0n) is 18.4. The largest absolute Gasteiger partial charge is 0.457 e. The summed E-state index contributed by atoms with van der Waals surface area (Å²) in [5.41, 5.74) is 1.22. The van der Waals surface area contributed by atoms with Crippen molar-refractivity contribution in [3.8, 4) is 11.5 Å². The fraction of sp³-hybridized carbons (Fsp3) is 0.292. The maximum atomic E-state index is 13.1. The molecule has 3 heterocycles. The summed E-state index contributed by atoms with van der Waals surface area (Å²) in [6.45, 7) is 5.71. The van der Waals surface area contributed by atoms with Crippen LogP contribution in [0.2, 0.25) is 0 Å². The Morgan fingerprint density at radius 2 is 1.69 bits per heavy atom. The second-order valence-electron chi connectivity index (χ2n) is 8.21. The van der Waals surface area contributed by atoms with Gasteiger partial charge in [0.15, 0.2) is 11.2 Å². The molecule has 0 spiro atoms. The number of rotatable bonds is 4. The molecule has 8 nitrogen and oxygen atoms in total. The van der Waals surface area contributed by atoms with Crippen LogP contribution >= 0.6 is 0 Å². The predicted octanol–water partition coefficient (Wildman–Crippen LogP) is 3.50. The quantitative estimate of drug-likeness (QED) is 0.495. The number of fused-ring (bicyclic) bond motifs is 3. The number of para-hydroxylation sites is 1. The van der Waals surface area contributed by atoms with Gasteiger partial charge in [0, 0.05) is 32.4 Å². The molecule has 2 aromatic heterocycles. The zero-order valence-corrected chi connectivity index (χ0v) is 18.4. The van der Waals surface area contributed by atoms with Gasteiger partial charge in [-0.1, -0.05) is 25.1 Å². The highest BCUT2D eigenvalue weighted by Gasteiger charge is 2.29. The smallest absolute Gasteiger partial charge is 0.332 e. The van der Waals surface area contributed by atoms with Gasteiger partial charge >= 0.3 is 5.69 Å². The highest BCUT2D eigenvalue weighted by molar-refractivity contribution is 5.77. The van der Waals surface area contributed by atoms with E-state index in [9.17, 15) is 9.59 Å². The van der Waals surface area contributed by atoms with Crippen molar-refractivity contribution in [1.82, 2.24) is 18.7 Å². The van der Waals surface area contributed by atoms with Gasteiger partial charge in [0.2, 0.25) is 5.95 Å². The second-order valence-corrected chi connectivity index (χ2v) is 8.21. The third kappa shape index (κ3) is 3.19. The maximum absolute atomic E-state index is 13.1. The Hall–Kier alpha value is -3.81. The predicted molar refractivity (Wildman–Crippen MR) is 124 cm³/mol. The van der Waals surface area contributed by atoms with Crippen molar-refractivity contribution < 1.29 is 4.74 Å². The summed E-state index contributed by atoms with van der Waals surface area (Å²) in [5, 5.41) is 0.